The first-order valence-corrected chi connectivity index (χ1v) is 10.1. The molecule has 4 nitrogen and oxygen atoms in total. The number of Topliss-reactive ketones (excluding diaryl/α,β-unsaturated/α-hetero) is 1. The number of thioether (sulfide) groups is 1. The van der Waals surface area contributed by atoms with Crippen molar-refractivity contribution in [3.05, 3.63) is 59.4 Å². The predicted molar refractivity (Wildman–Crippen MR) is 105 cm³/mol. The van der Waals surface area contributed by atoms with E-state index in [1.165, 1.54) is 17.8 Å². The summed E-state index contributed by atoms with van der Waals surface area (Å²) in [5, 5.41) is 9.39. The highest BCUT2D eigenvalue weighted by Crippen LogP contribution is 2.36. The molecule has 0 radical (unpaired) electrons. The largest absolute Gasteiger partial charge is 0.298 e. The maximum absolute atomic E-state index is 14.6. The third-order valence-electron chi connectivity index (χ3n) is 4.59. The fourth-order valence-electron chi connectivity index (χ4n) is 3.22. The first-order chi connectivity index (χ1) is 13.1. The molecule has 4 rings (SSSR count). The van der Waals surface area contributed by atoms with E-state index in [-0.39, 0.29) is 16.9 Å². The second kappa shape index (κ2) is 7.82. The van der Waals surface area contributed by atoms with Crippen molar-refractivity contribution in [3.63, 3.8) is 0 Å². The first-order valence-electron chi connectivity index (χ1n) is 8.80. The number of rotatable bonds is 4. The van der Waals surface area contributed by atoms with Crippen molar-refractivity contribution in [1.82, 2.24) is 14.8 Å². The van der Waals surface area contributed by atoms with E-state index in [4.69, 9.17) is 11.6 Å². The van der Waals surface area contributed by atoms with E-state index < -0.39 is 0 Å². The normalized spacial score (nSPS) is 17.3. The van der Waals surface area contributed by atoms with Gasteiger partial charge in [0.25, 0.3) is 0 Å². The molecule has 0 unspecified atom stereocenters. The van der Waals surface area contributed by atoms with Gasteiger partial charge in [-0.25, -0.2) is 4.39 Å². The summed E-state index contributed by atoms with van der Waals surface area (Å²) in [6.07, 6.45) is 3.33. The number of ketones is 1. The lowest BCUT2D eigenvalue weighted by molar-refractivity contribution is -0.119. The van der Waals surface area contributed by atoms with Crippen LogP contribution < -0.4 is 0 Å². The smallest absolute Gasteiger partial charge is 0.196 e. The van der Waals surface area contributed by atoms with Crippen molar-refractivity contribution < 1.29 is 9.18 Å². The number of nitrogens with zero attached hydrogens (tertiary/aromatic N) is 3. The minimum atomic E-state index is -0.387. The summed E-state index contributed by atoms with van der Waals surface area (Å²) in [7, 11) is 0. The highest BCUT2D eigenvalue weighted by molar-refractivity contribution is 8.00. The van der Waals surface area contributed by atoms with E-state index in [2.05, 4.69) is 10.2 Å². The zero-order chi connectivity index (χ0) is 18.8. The zero-order valence-corrected chi connectivity index (χ0v) is 16.0. The van der Waals surface area contributed by atoms with Crippen LogP contribution in [0.15, 0.2) is 53.7 Å². The Kier molecular flexibility index (Phi) is 5.27. The molecule has 0 N–H and O–H groups in total. The van der Waals surface area contributed by atoms with Crippen LogP contribution >= 0.6 is 23.4 Å². The van der Waals surface area contributed by atoms with Gasteiger partial charge in [0, 0.05) is 12.0 Å². The molecule has 0 amide bonds. The number of carbonyl (C=O) groups is 1. The molecule has 27 heavy (non-hydrogen) atoms. The van der Waals surface area contributed by atoms with E-state index in [0.29, 0.717) is 33.7 Å². The lowest BCUT2D eigenvalue weighted by Gasteiger charge is -2.20. The third-order valence-corrected chi connectivity index (χ3v) is 6.18. The van der Waals surface area contributed by atoms with Crippen molar-refractivity contribution >= 4 is 29.1 Å². The van der Waals surface area contributed by atoms with Crippen LogP contribution in [0.4, 0.5) is 4.39 Å². The maximum Gasteiger partial charge on any atom is 0.196 e. The minimum Gasteiger partial charge on any atom is -0.298 e. The van der Waals surface area contributed by atoms with Crippen LogP contribution in [-0.2, 0) is 4.79 Å². The summed E-state index contributed by atoms with van der Waals surface area (Å²) in [5.74, 6) is 0.285. The number of halogens is 2. The van der Waals surface area contributed by atoms with Crippen LogP contribution in [0, 0.1) is 5.82 Å². The number of hydrogen-bond donors (Lipinski definition) is 0. The Morgan fingerprint density at radius 1 is 1.07 bits per heavy atom. The minimum absolute atomic E-state index is 0.174. The van der Waals surface area contributed by atoms with Crippen molar-refractivity contribution in [2.45, 2.75) is 36.1 Å². The van der Waals surface area contributed by atoms with E-state index in [9.17, 15) is 9.18 Å². The lowest BCUT2D eigenvalue weighted by Crippen LogP contribution is -2.21. The molecule has 0 bridgehead atoms. The summed E-state index contributed by atoms with van der Waals surface area (Å²) in [4.78, 5) is 12.3. The average Bonchev–Trinajstić information content (AvgIpc) is 3.07. The highest BCUT2D eigenvalue weighted by atomic mass is 35.5. The average molecular weight is 402 g/mol. The number of hydrogen-bond acceptors (Lipinski definition) is 4. The Morgan fingerprint density at radius 3 is 2.63 bits per heavy atom. The van der Waals surface area contributed by atoms with Gasteiger partial charge in [0.05, 0.1) is 16.0 Å². The van der Waals surface area contributed by atoms with E-state index in [1.54, 1.807) is 28.8 Å². The van der Waals surface area contributed by atoms with Crippen LogP contribution in [0.2, 0.25) is 5.02 Å². The number of para-hydroxylation sites is 1. The van der Waals surface area contributed by atoms with Gasteiger partial charge >= 0.3 is 0 Å². The fourth-order valence-corrected chi connectivity index (χ4v) is 4.60. The molecule has 1 saturated carbocycles. The molecule has 1 aliphatic carbocycles. The van der Waals surface area contributed by atoms with Gasteiger partial charge in [-0.2, -0.15) is 0 Å². The summed E-state index contributed by atoms with van der Waals surface area (Å²) in [6, 6.07) is 13.7. The van der Waals surface area contributed by atoms with Gasteiger partial charge in [-0.15, -0.1) is 10.2 Å². The molecule has 1 heterocycles. The Labute approximate surface area is 165 Å². The lowest BCUT2D eigenvalue weighted by atomic mass is 9.99. The molecular weight excluding hydrogens is 385 g/mol. The summed E-state index contributed by atoms with van der Waals surface area (Å²) >= 11 is 7.70. The molecule has 3 aromatic rings. The van der Waals surface area contributed by atoms with Gasteiger partial charge in [-0.05, 0) is 37.1 Å². The molecular formula is C20H17ClFN3OS. The Hall–Kier alpha value is -2.18. The topological polar surface area (TPSA) is 47.8 Å². The Balaban J connectivity index is 1.84. The molecule has 2 aromatic carbocycles. The molecule has 1 fully saturated rings. The van der Waals surface area contributed by atoms with Gasteiger partial charge in [0.1, 0.15) is 11.6 Å². The standard InChI is InChI=1S/C20H17ClFN3OS/c21-14-8-2-1-7-13(14)19-23-24-20(27-18-12-6-5-11-17(18)26)25(19)16-10-4-3-9-15(16)22/h1-4,7-10,18H,5-6,11-12H2/t18-/m0/s1. The van der Waals surface area contributed by atoms with Crippen LogP contribution in [-0.4, -0.2) is 25.8 Å². The quantitative estimate of drug-likeness (QED) is 0.592. The summed E-state index contributed by atoms with van der Waals surface area (Å²) in [5.41, 5.74) is 1.000. The number of carbonyl (C=O) groups excluding carboxylic acids is 1. The van der Waals surface area contributed by atoms with E-state index >= 15 is 0 Å². The summed E-state index contributed by atoms with van der Waals surface area (Å²) in [6.45, 7) is 0. The molecule has 0 spiro atoms. The van der Waals surface area contributed by atoms with Crippen molar-refractivity contribution in [3.8, 4) is 17.1 Å². The highest BCUT2D eigenvalue weighted by Gasteiger charge is 2.27. The molecule has 7 heteroatoms. The van der Waals surface area contributed by atoms with Crippen LogP contribution in [0.5, 0.6) is 0 Å². The van der Waals surface area contributed by atoms with Crippen molar-refractivity contribution in [2.24, 2.45) is 0 Å². The molecule has 1 aromatic heterocycles. The monoisotopic (exact) mass is 401 g/mol. The van der Waals surface area contributed by atoms with E-state index in [1.807, 2.05) is 18.2 Å². The molecule has 0 saturated heterocycles. The maximum atomic E-state index is 14.6. The SMILES string of the molecule is O=C1CCCC[C@@H]1Sc1nnc(-c2ccccc2Cl)n1-c1ccccc1F. The number of aromatic nitrogens is 3. The molecule has 138 valence electrons. The van der Waals surface area contributed by atoms with Gasteiger partial charge in [0.15, 0.2) is 11.0 Å². The first kappa shape index (κ1) is 18.2. The Morgan fingerprint density at radius 2 is 1.85 bits per heavy atom. The van der Waals surface area contributed by atoms with Crippen molar-refractivity contribution in [1.29, 1.82) is 0 Å². The second-order valence-corrected chi connectivity index (χ2v) is 7.97. The predicted octanol–water partition coefficient (Wildman–Crippen LogP) is 5.33. The summed E-state index contributed by atoms with van der Waals surface area (Å²) < 4.78 is 16.3. The van der Waals surface area contributed by atoms with Gasteiger partial charge < -0.3 is 0 Å². The zero-order valence-electron chi connectivity index (χ0n) is 14.4. The van der Waals surface area contributed by atoms with Gasteiger partial charge in [0.2, 0.25) is 0 Å². The molecule has 1 atom stereocenters. The second-order valence-electron chi connectivity index (χ2n) is 6.39. The van der Waals surface area contributed by atoms with Crippen LogP contribution in [0.3, 0.4) is 0 Å². The third kappa shape index (κ3) is 3.64. The van der Waals surface area contributed by atoms with Crippen LogP contribution in [0.1, 0.15) is 25.7 Å². The fraction of sp³-hybridized carbons (Fsp3) is 0.250. The van der Waals surface area contributed by atoms with Crippen molar-refractivity contribution in [2.75, 3.05) is 0 Å². The van der Waals surface area contributed by atoms with Gasteiger partial charge in [-0.1, -0.05) is 54.0 Å². The van der Waals surface area contributed by atoms with Crippen LogP contribution in [0.25, 0.3) is 17.1 Å². The van der Waals surface area contributed by atoms with E-state index in [0.717, 1.165) is 19.3 Å². The number of benzene rings is 2. The molecule has 0 aliphatic heterocycles. The molecule has 1 aliphatic rings. The van der Waals surface area contributed by atoms with Gasteiger partial charge in [-0.3, -0.25) is 9.36 Å². The Bertz CT molecular complexity index is 991.